The molecule has 0 saturated heterocycles. The maximum absolute atomic E-state index is 4.54. The Morgan fingerprint density at radius 3 is 2.61 bits per heavy atom. The summed E-state index contributed by atoms with van der Waals surface area (Å²) in [6.07, 6.45) is 4.22. The standard InChI is InChI=1S/C18H25N5/c1-4-23(5-2)15-8-9-16(13(3)12-15)21-17-10-11-19-18(22-17)20-14-6-7-14/h8-12,14H,4-7H2,1-3H3,(H2,19,20,21,22). The molecule has 0 radical (unpaired) electrons. The third-order valence-corrected chi connectivity index (χ3v) is 4.17. The van der Waals surface area contributed by atoms with Gasteiger partial charge in [0.2, 0.25) is 5.95 Å². The Labute approximate surface area is 138 Å². The second-order valence-electron chi connectivity index (χ2n) is 5.98. The highest BCUT2D eigenvalue weighted by Crippen LogP contribution is 2.26. The van der Waals surface area contributed by atoms with Gasteiger partial charge in [-0.1, -0.05) is 0 Å². The Morgan fingerprint density at radius 1 is 1.17 bits per heavy atom. The van der Waals surface area contributed by atoms with Crippen LogP contribution in [0.1, 0.15) is 32.3 Å². The molecule has 3 rings (SSSR count). The molecule has 5 heteroatoms. The molecule has 2 N–H and O–H groups in total. The summed E-state index contributed by atoms with van der Waals surface area (Å²) >= 11 is 0. The molecule has 23 heavy (non-hydrogen) atoms. The van der Waals surface area contributed by atoms with E-state index < -0.39 is 0 Å². The van der Waals surface area contributed by atoms with Crippen molar-refractivity contribution in [2.24, 2.45) is 0 Å². The van der Waals surface area contributed by atoms with E-state index in [0.717, 1.165) is 24.6 Å². The molecule has 0 spiro atoms. The lowest BCUT2D eigenvalue weighted by Crippen LogP contribution is -2.21. The molecule has 1 saturated carbocycles. The van der Waals surface area contributed by atoms with E-state index in [0.29, 0.717) is 12.0 Å². The van der Waals surface area contributed by atoms with Crippen LogP contribution in [0.2, 0.25) is 0 Å². The highest BCUT2D eigenvalue weighted by atomic mass is 15.2. The van der Waals surface area contributed by atoms with Gasteiger partial charge in [0.25, 0.3) is 0 Å². The van der Waals surface area contributed by atoms with Crippen molar-refractivity contribution in [1.29, 1.82) is 0 Å². The van der Waals surface area contributed by atoms with E-state index in [2.05, 4.69) is 64.5 Å². The third-order valence-electron chi connectivity index (χ3n) is 4.17. The Kier molecular flexibility index (Phi) is 4.65. The van der Waals surface area contributed by atoms with Gasteiger partial charge in [-0.05, 0) is 63.4 Å². The van der Waals surface area contributed by atoms with Crippen LogP contribution in [0.15, 0.2) is 30.5 Å². The second kappa shape index (κ2) is 6.86. The fourth-order valence-corrected chi connectivity index (χ4v) is 2.62. The molecule has 0 bridgehead atoms. The van der Waals surface area contributed by atoms with Crippen molar-refractivity contribution in [3.05, 3.63) is 36.0 Å². The summed E-state index contributed by atoms with van der Waals surface area (Å²) in [4.78, 5) is 11.2. The smallest absolute Gasteiger partial charge is 0.224 e. The van der Waals surface area contributed by atoms with Gasteiger partial charge in [-0.25, -0.2) is 4.98 Å². The molecular formula is C18H25N5. The van der Waals surface area contributed by atoms with Gasteiger partial charge < -0.3 is 15.5 Å². The van der Waals surface area contributed by atoms with Gasteiger partial charge in [-0.2, -0.15) is 4.98 Å². The monoisotopic (exact) mass is 311 g/mol. The van der Waals surface area contributed by atoms with Crippen molar-refractivity contribution in [3.63, 3.8) is 0 Å². The second-order valence-corrected chi connectivity index (χ2v) is 5.98. The van der Waals surface area contributed by atoms with E-state index in [1.807, 2.05) is 6.07 Å². The van der Waals surface area contributed by atoms with Gasteiger partial charge >= 0.3 is 0 Å². The van der Waals surface area contributed by atoms with Gasteiger partial charge in [0, 0.05) is 36.7 Å². The van der Waals surface area contributed by atoms with Crippen LogP contribution in [0.3, 0.4) is 0 Å². The predicted octanol–water partition coefficient (Wildman–Crippen LogP) is 3.95. The molecule has 2 aromatic rings. The average Bonchev–Trinajstić information content (AvgIpc) is 3.35. The number of benzene rings is 1. The molecule has 1 fully saturated rings. The Bertz CT molecular complexity index is 662. The molecular weight excluding hydrogens is 286 g/mol. The molecule has 1 aromatic carbocycles. The average molecular weight is 311 g/mol. The van der Waals surface area contributed by atoms with Gasteiger partial charge in [0.15, 0.2) is 0 Å². The van der Waals surface area contributed by atoms with Crippen LogP contribution in [0.5, 0.6) is 0 Å². The molecule has 1 heterocycles. The summed E-state index contributed by atoms with van der Waals surface area (Å²) in [6.45, 7) is 8.52. The van der Waals surface area contributed by atoms with E-state index >= 15 is 0 Å². The summed E-state index contributed by atoms with van der Waals surface area (Å²) in [5.74, 6) is 1.52. The molecule has 0 atom stereocenters. The summed E-state index contributed by atoms with van der Waals surface area (Å²) in [5, 5.41) is 6.73. The summed E-state index contributed by atoms with van der Waals surface area (Å²) in [5.41, 5.74) is 3.55. The minimum absolute atomic E-state index is 0.556. The van der Waals surface area contributed by atoms with Crippen LogP contribution < -0.4 is 15.5 Å². The van der Waals surface area contributed by atoms with Crippen molar-refractivity contribution >= 4 is 23.1 Å². The van der Waals surface area contributed by atoms with Crippen molar-refractivity contribution in [2.75, 3.05) is 28.6 Å². The van der Waals surface area contributed by atoms with E-state index in [-0.39, 0.29) is 0 Å². The SMILES string of the molecule is CCN(CC)c1ccc(Nc2ccnc(NC3CC3)n2)c(C)c1. The fraction of sp³-hybridized carbons (Fsp3) is 0.444. The molecule has 1 aromatic heterocycles. The van der Waals surface area contributed by atoms with Crippen molar-refractivity contribution < 1.29 is 0 Å². The largest absolute Gasteiger partial charge is 0.372 e. The summed E-state index contributed by atoms with van der Waals surface area (Å²) in [6, 6.07) is 8.96. The van der Waals surface area contributed by atoms with Crippen LogP contribution in [0.25, 0.3) is 0 Å². The first-order valence-corrected chi connectivity index (χ1v) is 8.41. The number of hydrogen-bond acceptors (Lipinski definition) is 5. The molecule has 0 unspecified atom stereocenters. The van der Waals surface area contributed by atoms with Crippen LogP contribution in [-0.2, 0) is 0 Å². The number of rotatable bonds is 7. The highest BCUT2D eigenvalue weighted by molar-refractivity contribution is 5.65. The van der Waals surface area contributed by atoms with Gasteiger partial charge in [-0.15, -0.1) is 0 Å². The molecule has 0 amide bonds. The topological polar surface area (TPSA) is 53.1 Å². The first-order chi connectivity index (χ1) is 11.2. The maximum Gasteiger partial charge on any atom is 0.224 e. The Balaban J connectivity index is 1.74. The first-order valence-electron chi connectivity index (χ1n) is 8.41. The number of aryl methyl sites for hydroxylation is 1. The van der Waals surface area contributed by atoms with Crippen LogP contribution in [-0.4, -0.2) is 29.1 Å². The number of anilines is 4. The molecule has 1 aliphatic carbocycles. The quantitative estimate of drug-likeness (QED) is 0.811. The lowest BCUT2D eigenvalue weighted by atomic mass is 10.1. The normalized spacial score (nSPS) is 13.7. The van der Waals surface area contributed by atoms with E-state index in [1.165, 1.54) is 24.1 Å². The molecule has 5 nitrogen and oxygen atoms in total. The van der Waals surface area contributed by atoms with E-state index in [9.17, 15) is 0 Å². The van der Waals surface area contributed by atoms with Gasteiger partial charge in [0.1, 0.15) is 5.82 Å². The fourth-order valence-electron chi connectivity index (χ4n) is 2.62. The van der Waals surface area contributed by atoms with Crippen LogP contribution >= 0.6 is 0 Å². The van der Waals surface area contributed by atoms with Gasteiger partial charge in [-0.3, -0.25) is 0 Å². The predicted molar refractivity (Wildman–Crippen MR) is 96.7 cm³/mol. The number of nitrogens with one attached hydrogen (secondary N) is 2. The first kappa shape index (κ1) is 15.6. The van der Waals surface area contributed by atoms with Crippen molar-refractivity contribution in [1.82, 2.24) is 9.97 Å². The maximum atomic E-state index is 4.54. The zero-order valence-corrected chi connectivity index (χ0v) is 14.1. The zero-order valence-electron chi connectivity index (χ0n) is 14.1. The highest BCUT2D eigenvalue weighted by Gasteiger charge is 2.21. The van der Waals surface area contributed by atoms with Crippen molar-refractivity contribution in [2.45, 2.75) is 39.7 Å². The third kappa shape index (κ3) is 3.92. The lowest BCUT2D eigenvalue weighted by Gasteiger charge is -2.22. The number of nitrogens with zero attached hydrogens (tertiary/aromatic N) is 3. The number of aromatic nitrogens is 2. The number of hydrogen-bond donors (Lipinski definition) is 2. The summed E-state index contributed by atoms with van der Waals surface area (Å²) < 4.78 is 0. The van der Waals surface area contributed by atoms with E-state index in [1.54, 1.807) is 6.20 Å². The minimum Gasteiger partial charge on any atom is -0.372 e. The zero-order chi connectivity index (χ0) is 16.2. The minimum atomic E-state index is 0.556. The molecule has 122 valence electrons. The van der Waals surface area contributed by atoms with Crippen molar-refractivity contribution in [3.8, 4) is 0 Å². The van der Waals surface area contributed by atoms with E-state index in [4.69, 9.17) is 0 Å². The molecule has 1 aliphatic rings. The van der Waals surface area contributed by atoms with Crippen LogP contribution in [0, 0.1) is 6.92 Å². The molecule has 0 aliphatic heterocycles. The Morgan fingerprint density at radius 2 is 1.96 bits per heavy atom. The lowest BCUT2D eigenvalue weighted by molar-refractivity contribution is 0.866. The van der Waals surface area contributed by atoms with Crippen LogP contribution in [0.4, 0.5) is 23.1 Å². The summed E-state index contributed by atoms with van der Waals surface area (Å²) in [7, 11) is 0. The Hall–Kier alpha value is -2.30. The van der Waals surface area contributed by atoms with Gasteiger partial charge in [0.05, 0.1) is 0 Å².